The quantitative estimate of drug-likeness (QED) is 0.0290. The third-order valence-electron chi connectivity index (χ3n) is 9.91. The number of carboxylic acid groups (broad SMARTS) is 1. The Hall–Kier alpha value is -1.93. The van der Waals surface area contributed by atoms with Crippen LogP contribution < -0.4 is 0 Å². The number of likely N-dealkylation sites (N-methyl/N-ethyl adjacent to an activating group) is 1. The molecule has 0 heterocycles. The lowest BCUT2D eigenvalue weighted by molar-refractivity contribution is -0.887. The molecule has 0 saturated heterocycles. The summed E-state index contributed by atoms with van der Waals surface area (Å²) in [5, 5.41) is 9.60. The molecule has 0 aliphatic rings. The third-order valence-corrected chi connectivity index (χ3v) is 9.91. The smallest absolute Gasteiger partial charge is 0.362 e. The Kier molecular flexibility index (Phi) is 34.7. The number of ether oxygens (including phenoxy) is 3. The maximum atomic E-state index is 12.7. The summed E-state index contributed by atoms with van der Waals surface area (Å²) in [6, 6.07) is -0.611. The van der Waals surface area contributed by atoms with Crippen LogP contribution >= 0.6 is 0 Å². The van der Waals surface area contributed by atoms with Crippen LogP contribution in [0, 0.1) is 0 Å². The van der Waals surface area contributed by atoms with Gasteiger partial charge in [0.25, 0.3) is 0 Å². The molecule has 8 heteroatoms. The first-order valence-electron chi connectivity index (χ1n) is 21.7. The highest BCUT2D eigenvalue weighted by molar-refractivity contribution is 5.72. The Labute approximate surface area is 320 Å². The van der Waals surface area contributed by atoms with Crippen molar-refractivity contribution >= 4 is 17.9 Å². The predicted octanol–water partition coefficient (Wildman–Crippen LogP) is 11.5. The number of carbonyl (C=O) groups excluding carboxylic acids is 2. The Morgan fingerprint density at radius 2 is 0.962 bits per heavy atom. The third kappa shape index (κ3) is 33.9. The summed E-state index contributed by atoms with van der Waals surface area (Å²) in [5.74, 6) is -1.47. The lowest BCUT2D eigenvalue weighted by Gasteiger charge is -2.31. The summed E-state index contributed by atoms with van der Waals surface area (Å²) in [4.78, 5) is 36.9. The number of rotatable bonds is 39. The van der Waals surface area contributed by atoms with E-state index in [9.17, 15) is 19.5 Å². The Bertz CT molecular complexity index is 869. The molecule has 0 aromatic rings. The van der Waals surface area contributed by atoms with Gasteiger partial charge in [0.2, 0.25) is 0 Å². The summed E-state index contributed by atoms with van der Waals surface area (Å²) in [7, 11) is 5.53. The summed E-state index contributed by atoms with van der Waals surface area (Å²) >= 11 is 0. The van der Waals surface area contributed by atoms with Crippen LogP contribution in [0.15, 0.2) is 12.2 Å². The molecule has 2 unspecified atom stereocenters. The molecule has 0 aliphatic heterocycles. The van der Waals surface area contributed by atoms with Crippen LogP contribution in [0.2, 0.25) is 0 Å². The van der Waals surface area contributed by atoms with Crippen LogP contribution in [0.4, 0.5) is 0 Å². The highest BCUT2D eigenvalue weighted by Crippen LogP contribution is 2.15. The van der Waals surface area contributed by atoms with E-state index < -0.39 is 18.1 Å². The van der Waals surface area contributed by atoms with Crippen molar-refractivity contribution in [3.63, 3.8) is 0 Å². The van der Waals surface area contributed by atoms with Crippen LogP contribution in [0.5, 0.6) is 0 Å². The first-order chi connectivity index (χ1) is 25.1. The van der Waals surface area contributed by atoms with E-state index in [0.29, 0.717) is 19.3 Å². The number of hydrogen-bond acceptors (Lipinski definition) is 6. The highest BCUT2D eigenvalue weighted by Gasteiger charge is 2.31. The molecular weight excluding hydrogens is 654 g/mol. The van der Waals surface area contributed by atoms with E-state index >= 15 is 0 Å². The lowest BCUT2D eigenvalue weighted by Crippen LogP contribution is -2.50. The second-order valence-corrected chi connectivity index (χ2v) is 16.0. The van der Waals surface area contributed by atoms with Gasteiger partial charge in [-0.05, 0) is 38.5 Å². The molecule has 0 amide bonds. The average Bonchev–Trinajstić information content (AvgIpc) is 3.09. The molecule has 306 valence electrons. The maximum absolute atomic E-state index is 12.7. The Morgan fingerprint density at radius 1 is 0.558 bits per heavy atom. The second-order valence-electron chi connectivity index (χ2n) is 16.0. The van der Waals surface area contributed by atoms with Crippen LogP contribution in [-0.2, 0) is 28.6 Å². The summed E-state index contributed by atoms with van der Waals surface area (Å²) in [5.41, 5.74) is 0. The van der Waals surface area contributed by atoms with E-state index in [-0.39, 0.29) is 36.2 Å². The van der Waals surface area contributed by atoms with Crippen LogP contribution in [-0.4, -0.2) is 80.6 Å². The molecule has 0 aromatic carbocycles. The molecule has 0 rings (SSSR count). The van der Waals surface area contributed by atoms with Crippen molar-refractivity contribution in [2.45, 2.75) is 212 Å². The van der Waals surface area contributed by atoms with Gasteiger partial charge < -0.3 is 23.8 Å². The molecule has 52 heavy (non-hydrogen) atoms. The minimum Gasteiger partial charge on any atom is -0.477 e. The minimum atomic E-state index is -0.874. The molecule has 8 nitrogen and oxygen atoms in total. The molecule has 1 N–H and O–H groups in total. The van der Waals surface area contributed by atoms with Crippen molar-refractivity contribution in [3.8, 4) is 0 Å². The number of carboxylic acids is 1. The monoisotopic (exact) mass is 739 g/mol. The number of carbonyl (C=O) groups is 3. The molecule has 0 saturated carbocycles. The van der Waals surface area contributed by atoms with E-state index in [1.165, 1.54) is 116 Å². The van der Waals surface area contributed by atoms with Crippen LogP contribution in [0.1, 0.15) is 200 Å². The molecular formula is C44H84NO7+. The molecule has 0 aliphatic carbocycles. The number of nitrogens with zero attached hydrogens (tertiary/aromatic N) is 1. The van der Waals surface area contributed by atoms with Gasteiger partial charge in [-0.15, -0.1) is 0 Å². The van der Waals surface area contributed by atoms with Gasteiger partial charge in [-0.2, -0.15) is 0 Å². The Balaban J connectivity index is 4.35. The number of hydrogen-bond donors (Lipinski definition) is 1. The summed E-state index contributed by atoms with van der Waals surface area (Å²) < 4.78 is 17.3. The molecule has 0 spiro atoms. The van der Waals surface area contributed by atoms with Gasteiger partial charge in [0.05, 0.1) is 34.4 Å². The van der Waals surface area contributed by atoms with Gasteiger partial charge in [-0.3, -0.25) is 9.59 Å². The van der Waals surface area contributed by atoms with Gasteiger partial charge >= 0.3 is 17.9 Å². The maximum Gasteiger partial charge on any atom is 0.362 e. The topological polar surface area (TPSA) is 99.1 Å². The van der Waals surface area contributed by atoms with E-state index in [0.717, 1.165) is 51.4 Å². The van der Waals surface area contributed by atoms with E-state index in [4.69, 9.17) is 14.2 Å². The van der Waals surface area contributed by atoms with Gasteiger partial charge in [-0.1, -0.05) is 154 Å². The van der Waals surface area contributed by atoms with Crippen molar-refractivity contribution < 1.29 is 38.2 Å². The van der Waals surface area contributed by atoms with Crippen molar-refractivity contribution in [2.24, 2.45) is 0 Å². The van der Waals surface area contributed by atoms with Crippen LogP contribution in [0.25, 0.3) is 0 Å². The number of quaternary nitrogens is 1. The van der Waals surface area contributed by atoms with E-state index in [2.05, 4.69) is 26.0 Å². The van der Waals surface area contributed by atoms with Gasteiger partial charge in [0, 0.05) is 19.3 Å². The van der Waals surface area contributed by atoms with Crippen molar-refractivity contribution in [3.05, 3.63) is 12.2 Å². The first-order valence-corrected chi connectivity index (χ1v) is 21.7. The molecule has 0 bridgehead atoms. The second kappa shape index (κ2) is 36.1. The lowest BCUT2D eigenvalue weighted by atomic mass is 10.0. The van der Waals surface area contributed by atoms with Crippen molar-refractivity contribution in [2.75, 3.05) is 41.0 Å². The van der Waals surface area contributed by atoms with Gasteiger partial charge in [0.1, 0.15) is 6.61 Å². The van der Waals surface area contributed by atoms with E-state index in [1.807, 2.05) is 21.1 Å². The zero-order valence-electron chi connectivity index (χ0n) is 34.8. The number of unbranched alkanes of at least 4 members (excludes halogenated alkanes) is 23. The largest absolute Gasteiger partial charge is 0.477 e. The van der Waals surface area contributed by atoms with Gasteiger partial charge in [-0.25, -0.2) is 4.79 Å². The fourth-order valence-corrected chi connectivity index (χ4v) is 6.50. The standard InChI is InChI=1S/C44H83NO7/c1-6-8-10-12-14-16-18-20-21-23-25-27-29-31-33-35-43(47)52-40(38-50-37-36-41(44(48)49)45(3,4)5)39-51-42(46)34-32-30-28-26-24-22-19-17-15-13-11-9-7-2/h22,24,40-41H,6-21,23,25-39H2,1-5H3/p+1/b24-22+. The minimum absolute atomic E-state index is 0.0533. The van der Waals surface area contributed by atoms with Crippen LogP contribution in [0.3, 0.4) is 0 Å². The molecule has 2 atom stereocenters. The van der Waals surface area contributed by atoms with Crippen molar-refractivity contribution in [1.82, 2.24) is 0 Å². The summed E-state index contributed by atoms with van der Waals surface area (Å²) in [6.07, 6.45) is 36.7. The predicted molar refractivity (Wildman–Crippen MR) is 215 cm³/mol. The number of allylic oxidation sites excluding steroid dienone is 2. The normalized spacial score (nSPS) is 13.0. The average molecular weight is 739 g/mol. The Morgan fingerprint density at radius 3 is 1.40 bits per heavy atom. The molecule has 0 radical (unpaired) electrons. The summed E-state index contributed by atoms with van der Waals surface area (Å²) in [6.45, 7) is 4.73. The fourth-order valence-electron chi connectivity index (χ4n) is 6.50. The molecule has 0 fully saturated rings. The van der Waals surface area contributed by atoms with Gasteiger partial charge in [0.15, 0.2) is 12.1 Å². The zero-order chi connectivity index (χ0) is 38.5. The number of esters is 2. The molecule has 0 aromatic heterocycles. The van der Waals surface area contributed by atoms with Crippen molar-refractivity contribution in [1.29, 1.82) is 0 Å². The first kappa shape index (κ1) is 50.1. The zero-order valence-corrected chi connectivity index (χ0v) is 34.8. The SMILES string of the molecule is CCCCCCCC/C=C/CCCCCC(=O)OCC(COCCC(C(=O)O)[N+](C)(C)C)OC(=O)CCCCCCCCCCCCCCCCC. The number of aliphatic carboxylic acids is 1. The highest BCUT2D eigenvalue weighted by atomic mass is 16.6. The van der Waals surface area contributed by atoms with E-state index in [1.54, 1.807) is 0 Å². The fraction of sp³-hybridized carbons (Fsp3) is 0.886.